The number of halogens is 2. The average molecular weight is 309 g/mol. The molecule has 0 aliphatic heterocycles. The molecule has 0 saturated carbocycles. The van der Waals surface area contributed by atoms with E-state index >= 15 is 0 Å². The molecule has 1 aromatic rings. The van der Waals surface area contributed by atoms with Crippen LogP contribution in [-0.2, 0) is 0 Å². The highest BCUT2D eigenvalue weighted by Crippen LogP contribution is 2.33. The Hall–Kier alpha value is -1.14. The van der Waals surface area contributed by atoms with Gasteiger partial charge in [-0.1, -0.05) is 0 Å². The van der Waals surface area contributed by atoms with Crippen LogP contribution in [-0.4, -0.2) is 23.7 Å². The summed E-state index contributed by atoms with van der Waals surface area (Å²) < 4.78 is 5.26. The number of alkyl halides is 1. The molecule has 0 atom stereocenters. The highest BCUT2D eigenvalue weighted by atomic mass is 79.9. The standard InChI is InChI=1S/C9H7BrClNO4/c1-16-9-3-6(10)5(8(13)4-11)2-7(9)12(14)15/h2-3H,4H2,1H3. The van der Waals surface area contributed by atoms with E-state index in [0.29, 0.717) is 4.47 Å². The number of nitro groups is 1. The molecule has 1 rings (SSSR count). The number of methoxy groups -OCH3 is 1. The van der Waals surface area contributed by atoms with Crippen LogP contribution >= 0.6 is 27.5 Å². The quantitative estimate of drug-likeness (QED) is 0.371. The second-order valence-corrected chi connectivity index (χ2v) is 3.94. The molecule has 0 N–H and O–H groups in total. The lowest BCUT2D eigenvalue weighted by molar-refractivity contribution is -0.385. The molecule has 0 unspecified atom stereocenters. The molecule has 0 aliphatic rings. The number of nitro benzene ring substituents is 1. The predicted octanol–water partition coefficient (Wildman–Crippen LogP) is 2.79. The number of ether oxygens (including phenoxy) is 1. The minimum absolute atomic E-state index is 0.0861. The van der Waals surface area contributed by atoms with E-state index in [0.717, 1.165) is 6.07 Å². The summed E-state index contributed by atoms with van der Waals surface area (Å²) in [5.41, 5.74) is -0.0957. The molecule has 7 heteroatoms. The number of carbonyl (C=O) groups excluding carboxylic acids is 1. The number of hydrogen-bond donors (Lipinski definition) is 0. The Kier molecular flexibility index (Phi) is 4.26. The van der Waals surface area contributed by atoms with Crippen molar-refractivity contribution >= 4 is 39.0 Å². The van der Waals surface area contributed by atoms with Crippen LogP contribution < -0.4 is 4.74 Å². The Morgan fingerprint density at radius 2 is 2.25 bits per heavy atom. The highest BCUT2D eigenvalue weighted by molar-refractivity contribution is 9.10. The van der Waals surface area contributed by atoms with E-state index in [-0.39, 0.29) is 28.7 Å². The molecule has 16 heavy (non-hydrogen) atoms. The van der Waals surface area contributed by atoms with Gasteiger partial charge in [0.15, 0.2) is 11.5 Å². The number of ketones is 1. The van der Waals surface area contributed by atoms with Crippen molar-refractivity contribution in [1.82, 2.24) is 0 Å². The van der Waals surface area contributed by atoms with Gasteiger partial charge in [0, 0.05) is 22.2 Å². The van der Waals surface area contributed by atoms with Crippen molar-refractivity contribution in [2.45, 2.75) is 0 Å². The molecule has 0 aliphatic carbocycles. The second-order valence-electron chi connectivity index (χ2n) is 2.82. The molecule has 0 amide bonds. The first-order valence-corrected chi connectivity index (χ1v) is 5.45. The van der Waals surface area contributed by atoms with Gasteiger partial charge < -0.3 is 4.74 Å². The van der Waals surface area contributed by atoms with Gasteiger partial charge in [0.05, 0.1) is 17.9 Å². The summed E-state index contributed by atoms with van der Waals surface area (Å²) in [5, 5.41) is 10.7. The van der Waals surface area contributed by atoms with Gasteiger partial charge in [0.25, 0.3) is 0 Å². The van der Waals surface area contributed by atoms with E-state index in [1.54, 1.807) is 0 Å². The molecule has 0 spiro atoms. The summed E-state index contributed by atoms with van der Waals surface area (Å²) >= 11 is 8.52. The maximum atomic E-state index is 11.4. The van der Waals surface area contributed by atoms with Crippen molar-refractivity contribution in [3.63, 3.8) is 0 Å². The first-order valence-electron chi connectivity index (χ1n) is 4.12. The van der Waals surface area contributed by atoms with Crippen molar-refractivity contribution in [1.29, 1.82) is 0 Å². The van der Waals surface area contributed by atoms with Gasteiger partial charge in [0.1, 0.15) is 0 Å². The normalized spacial score (nSPS) is 9.94. The first kappa shape index (κ1) is 12.9. The number of rotatable bonds is 4. The van der Waals surface area contributed by atoms with Crippen molar-refractivity contribution < 1.29 is 14.5 Å². The van der Waals surface area contributed by atoms with Gasteiger partial charge in [-0.3, -0.25) is 14.9 Å². The predicted molar refractivity (Wildman–Crippen MR) is 62.4 cm³/mol. The summed E-state index contributed by atoms with van der Waals surface area (Å²) in [7, 11) is 1.32. The Labute approximate surface area is 105 Å². The van der Waals surface area contributed by atoms with Gasteiger partial charge in [-0.2, -0.15) is 0 Å². The zero-order valence-electron chi connectivity index (χ0n) is 8.20. The molecule has 0 fully saturated rings. The fraction of sp³-hybridized carbons (Fsp3) is 0.222. The van der Waals surface area contributed by atoms with Crippen LogP contribution in [0.2, 0.25) is 0 Å². The van der Waals surface area contributed by atoms with Crippen LogP contribution in [0.5, 0.6) is 5.75 Å². The van der Waals surface area contributed by atoms with Crippen LogP contribution in [0, 0.1) is 10.1 Å². The summed E-state index contributed by atoms with van der Waals surface area (Å²) in [6.07, 6.45) is 0. The van der Waals surface area contributed by atoms with E-state index in [9.17, 15) is 14.9 Å². The molecule has 0 aromatic heterocycles. The van der Waals surface area contributed by atoms with Gasteiger partial charge in [-0.25, -0.2) is 0 Å². The lowest BCUT2D eigenvalue weighted by Crippen LogP contribution is -2.04. The van der Waals surface area contributed by atoms with Crippen LogP contribution in [0.1, 0.15) is 10.4 Å². The van der Waals surface area contributed by atoms with Crippen molar-refractivity contribution in [3.8, 4) is 5.75 Å². The lowest BCUT2D eigenvalue weighted by atomic mass is 10.1. The summed E-state index contributed by atoms with van der Waals surface area (Å²) in [5.74, 6) is -0.537. The van der Waals surface area contributed by atoms with Crippen LogP contribution in [0.15, 0.2) is 16.6 Å². The number of hydrogen-bond acceptors (Lipinski definition) is 4. The Morgan fingerprint density at radius 1 is 1.62 bits per heavy atom. The zero-order valence-corrected chi connectivity index (χ0v) is 10.5. The molecular weight excluding hydrogens is 301 g/mol. The fourth-order valence-electron chi connectivity index (χ4n) is 1.14. The van der Waals surface area contributed by atoms with Gasteiger partial charge in [0.2, 0.25) is 0 Å². The van der Waals surface area contributed by atoms with Gasteiger partial charge >= 0.3 is 5.69 Å². The maximum absolute atomic E-state index is 11.4. The highest BCUT2D eigenvalue weighted by Gasteiger charge is 2.20. The zero-order chi connectivity index (χ0) is 12.3. The smallest absolute Gasteiger partial charge is 0.311 e. The molecule has 1 aromatic carbocycles. The molecule has 86 valence electrons. The van der Waals surface area contributed by atoms with Crippen molar-refractivity contribution in [3.05, 3.63) is 32.3 Å². The molecule has 0 bridgehead atoms. The Morgan fingerprint density at radius 3 is 2.69 bits per heavy atom. The first-order chi connectivity index (χ1) is 7.51. The van der Waals surface area contributed by atoms with Crippen LogP contribution in [0.4, 0.5) is 5.69 Å². The molecular formula is C9H7BrClNO4. The summed E-state index contributed by atoms with van der Waals surface area (Å²) in [6, 6.07) is 2.52. The fourth-order valence-corrected chi connectivity index (χ4v) is 1.82. The van der Waals surface area contributed by atoms with E-state index in [4.69, 9.17) is 16.3 Å². The minimum atomic E-state index is -0.615. The largest absolute Gasteiger partial charge is 0.490 e. The van der Waals surface area contributed by atoms with Gasteiger partial charge in [-0.05, 0) is 15.9 Å². The number of Topliss-reactive ketones (excluding diaryl/α,β-unsaturated/α-hetero) is 1. The van der Waals surface area contributed by atoms with Crippen molar-refractivity contribution in [2.24, 2.45) is 0 Å². The molecule has 0 heterocycles. The second kappa shape index (κ2) is 5.27. The van der Waals surface area contributed by atoms with E-state index in [1.807, 2.05) is 0 Å². The summed E-state index contributed by atoms with van der Waals surface area (Å²) in [4.78, 5) is 21.5. The third-order valence-corrected chi connectivity index (χ3v) is 2.79. The van der Waals surface area contributed by atoms with Crippen LogP contribution in [0.25, 0.3) is 0 Å². The number of nitrogens with zero attached hydrogens (tertiary/aromatic N) is 1. The molecule has 5 nitrogen and oxygen atoms in total. The molecule has 0 radical (unpaired) electrons. The molecule has 0 saturated heterocycles. The number of carbonyl (C=O) groups is 1. The van der Waals surface area contributed by atoms with Crippen LogP contribution in [0.3, 0.4) is 0 Å². The van der Waals surface area contributed by atoms with Crippen molar-refractivity contribution in [2.75, 3.05) is 13.0 Å². The maximum Gasteiger partial charge on any atom is 0.311 e. The summed E-state index contributed by atoms with van der Waals surface area (Å²) in [6.45, 7) is 0. The van der Waals surface area contributed by atoms with E-state index in [1.165, 1.54) is 13.2 Å². The topological polar surface area (TPSA) is 69.4 Å². The SMILES string of the molecule is COc1cc(Br)c(C(=O)CCl)cc1[N+](=O)[O-]. The third kappa shape index (κ3) is 2.51. The average Bonchev–Trinajstić information content (AvgIpc) is 2.27. The minimum Gasteiger partial charge on any atom is -0.490 e. The third-order valence-electron chi connectivity index (χ3n) is 1.89. The number of benzene rings is 1. The monoisotopic (exact) mass is 307 g/mol. The lowest BCUT2D eigenvalue weighted by Gasteiger charge is -2.05. The van der Waals surface area contributed by atoms with E-state index < -0.39 is 4.92 Å². The van der Waals surface area contributed by atoms with E-state index in [2.05, 4.69) is 15.9 Å². The Bertz CT molecular complexity index is 449. The Balaban J connectivity index is 3.38. The van der Waals surface area contributed by atoms with Gasteiger partial charge in [-0.15, -0.1) is 11.6 Å².